The van der Waals surface area contributed by atoms with Crippen molar-refractivity contribution in [2.45, 2.75) is 19.4 Å². The second kappa shape index (κ2) is 6.27. The summed E-state index contributed by atoms with van der Waals surface area (Å²) in [7, 11) is 0. The second-order valence-corrected chi connectivity index (χ2v) is 4.71. The van der Waals surface area contributed by atoms with E-state index in [1.165, 1.54) is 0 Å². The van der Waals surface area contributed by atoms with Crippen molar-refractivity contribution in [3.05, 3.63) is 59.5 Å². The highest BCUT2D eigenvalue weighted by molar-refractivity contribution is 5.18. The van der Waals surface area contributed by atoms with E-state index >= 15 is 0 Å². The van der Waals surface area contributed by atoms with Gasteiger partial charge in [0.05, 0.1) is 5.69 Å². The van der Waals surface area contributed by atoms with Crippen molar-refractivity contribution >= 4 is 0 Å². The number of hydrogen-bond donors (Lipinski definition) is 1. The molecular formula is C14H16N6O. The zero-order valence-corrected chi connectivity index (χ0v) is 11.5. The van der Waals surface area contributed by atoms with Gasteiger partial charge in [-0.05, 0) is 12.1 Å². The van der Waals surface area contributed by atoms with E-state index in [0.717, 1.165) is 11.3 Å². The van der Waals surface area contributed by atoms with Crippen LogP contribution < -0.4 is 5.73 Å². The molecule has 7 heteroatoms. The minimum Gasteiger partial charge on any atom is -0.337 e. The highest BCUT2D eigenvalue weighted by Crippen LogP contribution is 2.07. The van der Waals surface area contributed by atoms with Gasteiger partial charge in [0.2, 0.25) is 5.89 Å². The van der Waals surface area contributed by atoms with Crippen LogP contribution in [0.4, 0.5) is 0 Å². The molecule has 0 aliphatic rings. The fourth-order valence-electron chi connectivity index (χ4n) is 2.02. The Morgan fingerprint density at radius 2 is 2.05 bits per heavy atom. The molecular weight excluding hydrogens is 268 g/mol. The number of nitrogens with zero attached hydrogens (tertiary/aromatic N) is 5. The molecule has 21 heavy (non-hydrogen) atoms. The highest BCUT2D eigenvalue weighted by Gasteiger charge is 2.09. The number of rotatable bonds is 6. The van der Waals surface area contributed by atoms with Gasteiger partial charge < -0.3 is 10.3 Å². The highest BCUT2D eigenvalue weighted by atomic mass is 16.5. The number of nitrogens with two attached hydrogens (primary N) is 1. The summed E-state index contributed by atoms with van der Waals surface area (Å²) in [4.78, 5) is 4.36. The van der Waals surface area contributed by atoms with Gasteiger partial charge in [-0.1, -0.05) is 40.7 Å². The summed E-state index contributed by atoms with van der Waals surface area (Å²) in [6.07, 6.45) is 3.21. The second-order valence-electron chi connectivity index (χ2n) is 4.71. The summed E-state index contributed by atoms with van der Waals surface area (Å²) in [6.45, 7) is 0.972. The smallest absolute Gasteiger partial charge is 0.248 e. The minimum atomic E-state index is 0.416. The van der Waals surface area contributed by atoms with E-state index in [4.69, 9.17) is 10.3 Å². The molecule has 0 amide bonds. The van der Waals surface area contributed by atoms with Crippen LogP contribution in [0.5, 0.6) is 0 Å². The Bertz CT molecular complexity index is 690. The first-order valence-corrected chi connectivity index (χ1v) is 6.78. The quantitative estimate of drug-likeness (QED) is 0.719. The maximum atomic E-state index is 5.48. The van der Waals surface area contributed by atoms with E-state index in [2.05, 4.69) is 20.5 Å². The SMILES string of the molecule is NCCc1cn(Cc2nc(Cc3ccccc3)no2)nn1. The largest absolute Gasteiger partial charge is 0.337 e. The Morgan fingerprint density at radius 1 is 1.19 bits per heavy atom. The molecule has 7 nitrogen and oxygen atoms in total. The summed E-state index contributed by atoms with van der Waals surface area (Å²) in [5, 5.41) is 12.0. The third-order valence-electron chi connectivity index (χ3n) is 3.00. The van der Waals surface area contributed by atoms with Crippen molar-refractivity contribution in [3.63, 3.8) is 0 Å². The van der Waals surface area contributed by atoms with Crippen LogP contribution in [0.2, 0.25) is 0 Å². The number of aromatic nitrogens is 5. The molecule has 0 fully saturated rings. The molecule has 0 saturated heterocycles. The lowest BCUT2D eigenvalue weighted by atomic mass is 10.1. The van der Waals surface area contributed by atoms with E-state index in [9.17, 15) is 0 Å². The molecule has 2 aromatic heterocycles. The molecule has 0 aliphatic heterocycles. The van der Waals surface area contributed by atoms with Crippen molar-refractivity contribution in [2.75, 3.05) is 6.54 Å². The molecule has 0 bridgehead atoms. The van der Waals surface area contributed by atoms with E-state index in [0.29, 0.717) is 37.6 Å². The van der Waals surface area contributed by atoms with E-state index < -0.39 is 0 Å². The van der Waals surface area contributed by atoms with Crippen LogP contribution in [-0.2, 0) is 19.4 Å². The molecule has 0 unspecified atom stereocenters. The lowest BCUT2D eigenvalue weighted by molar-refractivity contribution is 0.360. The summed E-state index contributed by atoms with van der Waals surface area (Å²) in [5.74, 6) is 1.18. The van der Waals surface area contributed by atoms with E-state index in [1.54, 1.807) is 4.68 Å². The molecule has 0 saturated carbocycles. The van der Waals surface area contributed by atoms with Gasteiger partial charge in [0.15, 0.2) is 5.82 Å². The average Bonchev–Trinajstić information content (AvgIpc) is 3.11. The van der Waals surface area contributed by atoms with Crippen molar-refractivity contribution < 1.29 is 4.52 Å². The predicted molar refractivity (Wildman–Crippen MR) is 75.4 cm³/mol. The van der Waals surface area contributed by atoms with Gasteiger partial charge in [0.1, 0.15) is 6.54 Å². The molecule has 0 aliphatic carbocycles. The lowest BCUT2D eigenvalue weighted by Crippen LogP contribution is -2.03. The topological polar surface area (TPSA) is 95.7 Å². The van der Waals surface area contributed by atoms with Crippen LogP contribution >= 0.6 is 0 Å². The zero-order chi connectivity index (χ0) is 14.5. The molecule has 0 spiro atoms. The summed E-state index contributed by atoms with van der Waals surface area (Å²) >= 11 is 0. The standard InChI is InChI=1S/C14H16N6O/c15-7-6-12-9-20(19-17-12)10-14-16-13(18-21-14)8-11-4-2-1-3-5-11/h1-5,9H,6-8,10,15H2. The Labute approximate surface area is 121 Å². The first kappa shape index (κ1) is 13.4. The molecule has 1 aromatic carbocycles. The molecule has 0 atom stereocenters. The maximum absolute atomic E-state index is 5.48. The summed E-state index contributed by atoms with van der Waals surface area (Å²) in [5.41, 5.74) is 7.49. The Kier molecular flexibility index (Phi) is 4.02. The zero-order valence-electron chi connectivity index (χ0n) is 11.5. The van der Waals surface area contributed by atoms with Crippen molar-refractivity contribution in [1.29, 1.82) is 0 Å². The molecule has 0 radical (unpaired) electrons. The monoisotopic (exact) mass is 284 g/mol. The summed E-state index contributed by atoms with van der Waals surface area (Å²) in [6, 6.07) is 10.0. The van der Waals surface area contributed by atoms with E-state index in [1.807, 2.05) is 36.5 Å². The predicted octanol–water partition coefficient (Wildman–Crippen LogP) is 0.801. The molecule has 2 heterocycles. The van der Waals surface area contributed by atoms with Gasteiger partial charge in [-0.3, -0.25) is 0 Å². The minimum absolute atomic E-state index is 0.416. The van der Waals surface area contributed by atoms with Crippen LogP contribution in [-0.4, -0.2) is 31.7 Å². The first-order valence-electron chi connectivity index (χ1n) is 6.78. The van der Waals surface area contributed by atoms with Gasteiger partial charge in [0, 0.05) is 19.0 Å². The molecule has 108 valence electrons. The van der Waals surface area contributed by atoms with Crippen LogP contribution in [0.15, 0.2) is 41.1 Å². The Morgan fingerprint density at radius 3 is 2.86 bits per heavy atom. The Balaban J connectivity index is 1.64. The van der Waals surface area contributed by atoms with Crippen molar-refractivity contribution in [3.8, 4) is 0 Å². The van der Waals surface area contributed by atoms with Crippen LogP contribution in [0, 0.1) is 0 Å². The third kappa shape index (κ3) is 3.51. The van der Waals surface area contributed by atoms with Gasteiger partial charge in [-0.15, -0.1) is 5.10 Å². The maximum Gasteiger partial charge on any atom is 0.248 e. The van der Waals surface area contributed by atoms with Crippen molar-refractivity contribution in [1.82, 2.24) is 25.1 Å². The van der Waals surface area contributed by atoms with Gasteiger partial charge in [-0.25, -0.2) is 4.68 Å². The normalized spacial score (nSPS) is 10.9. The summed E-state index contributed by atoms with van der Waals surface area (Å²) < 4.78 is 6.91. The lowest BCUT2D eigenvalue weighted by Gasteiger charge is -1.94. The van der Waals surface area contributed by atoms with Gasteiger partial charge in [-0.2, -0.15) is 4.98 Å². The van der Waals surface area contributed by atoms with Gasteiger partial charge >= 0.3 is 0 Å². The fourth-order valence-corrected chi connectivity index (χ4v) is 2.02. The number of benzene rings is 1. The third-order valence-corrected chi connectivity index (χ3v) is 3.00. The first-order chi connectivity index (χ1) is 10.3. The average molecular weight is 284 g/mol. The van der Waals surface area contributed by atoms with E-state index in [-0.39, 0.29) is 0 Å². The number of hydrogen-bond acceptors (Lipinski definition) is 6. The van der Waals surface area contributed by atoms with Crippen LogP contribution in [0.3, 0.4) is 0 Å². The molecule has 3 aromatic rings. The fraction of sp³-hybridized carbons (Fsp3) is 0.286. The van der Waals surface area contributed by atoms with Crippen LogP contribution in [0.25, 0.3) is 0 Å². The van der Waals surface area contributed by atoms with Gasteiger partial charge in [0.25, 0.3) is 0 Å². The molecule has 3 rings (SSSR count). The van der Waals surface area contributed by atoms with Crippen LogP contribution in [0.1, 0.15) is 23.0 Å². The molecule has 2 N–H and O–H groups in total. The van der Waals surface area contributed by atoms with Crippen molar-refractivity contribution in [2.24, 2.45) is 5.73 Å². The Hall–Kier alpha value is -2.54.